The Labute approximate surface area is 163 Å². The standard InChI is InChI=1S/C16H24Cl2N4O4/c1-16(2,3)26-15(23)21(4)5-10-25-11-12(17)19-14(18)20-13(11)22-6-8-24-9-7-22/h5-10H2,1-4H3. The lowest BCUT2D eigenvalue weighted by atomic mass is 10.2. The summed E-state index contributed by atoms with van der Waals surface area (Å²) in [4.78, 5) is 23.6. The number of hydrogen-bond acceptors (Lipinski definition) is 7. The minimum absolute atomic E-state index is 0.0507. The van der Waals surface area contributed by atoms with Gasteiger partial charge < -0.3 is 24.0 Å². The Morgan fingerprint density at radius 1 is 1.27 bits per heavy atom. The number of carbonyl (C=O) groups excluding carboxylic acids is 1. The molecule has 146 valence electrons. The minimum Gasteiger partial charge on any atom is -0.485 e. The number of hydrogen-bond donors (Lipinski definition) is 0. The molecular formula is C16H24Cl2N4O4. The van der Waals surface area contributed by atoms with Crippen LogP contribution in [0.4, 0.5) is 10.6 Å². The molecule has 1 aliphatic rings. The average Bonchev–Trinajstić information content (AvgIpc) is 2.55. The largest absolute Gasteiger partial charge is 0.485 e. The molecule has 0 spiro atoms. The summed E-state index contributed by atoms with van der Waals surface area (Å²) in [5.41, 5.74) is -0.553. The van der Waals surface area contributed by atoms with Gasteiger partial charge in [0.2, 0.25) is 5.28 Å². The Morgan fingerprint density at radius 3 is 2.54 bits per heavy atom. The van der Waals surface area contributed by atoms with Crippen molar-refractivity contribution in [1.29, 1.82) is 0 Å². The van der Waals surface area contributed by atoms with Gasteiger partial charge in [-0.05, 0) is 32.4 Å². The number of rotatable bonds is 5. The summed E-state index contributed by atoms with van der Waals surface area (Å²) < 4.78 is 16.4. The Bertz CT molecular complexity index is 633. The van der Waals surface area contributed by atoms with E-state index in [1.54, 1.807) is 7.05 Å². The predicted molar refractivity (Wildman–Crippen MR) is 99.4 cm³/mol. The van der Waals surface area contributed by atoms with Crippen molar-refractivity contribution in [3.05, 3.63) is 10.4 Å². The normalized spacial score (nSPS) is 14.9. The molecule has 1 aromatic heterocycles. The van der Waals surface area contributed by atoms with Crippen molar-refractivity contribution < 1.29 is 19.0 Å². The van der Waals surface area contributed by atoms with Crippen LogP contribution < -0.4 is 9.64 Å². The molecule has 1 saturated heterocycles. The third-order valence-corrected chi connectivity index (χ3v) is 3.89. The van der Waals surface area contributed by atoms with Gasteiger partial charge in [0.15, 0.2) is 16.7 Å². The third-order valence-electron chi connectivity index (χ3n) is 3.47. The molecule has 0 N–H and O–H groups in total. The summed E-state index contributed by atoms with van der Waals surface area (Å²) in [5, 5.41) is 0.182. The zero-order valence-electron chi connectivity index (χ0n) is 15.4. The molecule has 10 heteroatoms. The molecule has 0 atom stereocenters. The number of anilines is 1. The van der Waals surface area contributed by atoms with Gasteiger partial charge >= 0.3 is 6.09 Å². The Kier molecular flexibility index (Phi) is 7.14. The second kappa shape index (κ2) is 8.92. The van der Waals surface area contributed by atoms with Crippen molar-refractivity contribution in [3.63, 3.8) is 0 Å². The lowest BCUT2D eigenvalue weighted by Crippen LogP contribution is -2.38. The van der Waals surface area contributed by atoms with Crippen molar-refractivity contribution >= 4 is 35.1 Å². The Balaban J connectivity index is 2.01. The van der Waals surface area contributed by atoms with Crippen LogP contribution in [0, 0.1) is 0 Å². The highest BCUT2D eigenvalue weighted by molar-refractivity contribution is 6.33. The third kappa shape index (κ3) is 6.03. The molecule has 0 aliphatic carbocycles. The maximum absolute atomic E-state index is 12.0. The molecule has 0 saturated carbocycles. The molecule has 1 amide bonds. The Morgan fingerprint density at radius 2 is 1.92 bits per heavy atom. The number of morpholine rings is 1. The topological polar surface area (TPSA) is 77.0 Å². The van der Waals surface area contributed by atoms with Gasteiger partial charge in [0, 0.05) is 20.1 Å². The summed E-state index contributed by atoms with van der Waals surface area (Å²) in [7, 11) is 1.64. The number of likely N-dealkylation sites (N-methyl/N-ethyl adjacent to an activating group) is 1. The van der Waals surface area contributed by atoms with Gasteiger partial charge in [0.25, 0.3) is 0 Å². The number of aromatic nitrogens is 2. The van der Waals surface area contributed by atoms with E-state index in [0.29, 0.717) is 44.4 Å². The molecule has 8 nitrogen and oxygen atoms in total. The fraction of sp³-hybridized carbons (Fsp3) is 0.688. The van der Waals surface area contributed by atoms with Crippen LogP contribution in [0.25, 0.3) is 0 Å². The summed E-state index contributed by atoms with van der Waals surface area (Å²) in [5.74, 6) is 0.869. The minimum atomic E-state index is -0.553. The summed E-state index contributed by atoms with van der Waals surface area (Å²) >= 11 is 12.1. The molecule has 0 aromatic carbocycles. The van der Waals surface area contributed by atoms with E-state index >= 15 is 0 Å². The summed E-state index contributed by atoms with van der Waals surface area (Å²) in [6, 6.07) is 0. The van der Waals surface area contributed by atoms with E-state index < -0.39 is 11.7 Å². The van der Waals surface area contributed by atoms with E-state index in [2.05, 4.69) is 9.97 Å². The molecular weight excluding hydrogens is 383 g/mol. The number of nitrogens with zero attached hydrogens (tertiary/aromatic N) is 4. The first-order valence-electron chi connectivity index (χ1n) is 8.30. The van der Waals surface area contributed by atoms with Gasteiger partial charge in [-0.25, -0.2) is 9.78 Å². The smallest absolute Gasteiger partial charge is 0.410 e. The van der Waals surface area contributed by atoms with Crippen molar-refractivity contribution in [2.75, 3.05) is 51.4 Å². The second-order valence-electron chi connectivity index (χ2n) is 6.79. The van der Waals surface area contributed by atoms with Crippen LogP contribution in [0.2, 0.25) is 10.4 Å². The highest BCUT2D eigenvalue weighted by Gasteiger charge is 2.23. The van der Waals surface area contributed by atoms with Crippen LogP contribution in [0.3, 0.4) is 0 Å². The fourth-order valence-electron chi connectivity index (χ4n) is 2.22. The maximum Gasteiger partial charge on any atom is 0.410 e. The van der Waals surface area contributed by atoms with Gasteiger partial charge in [0.05, 0.1) is 19.8 Å². The van der Waals surface area contributed by atoms with E-state index in [4.69, 9.17) is 37.4 Å². The van der Waals surface area contributed by atoms with Crippen molar-refractivity contribution in [2.24, 2.45) is 0 Å². The van der Waals surface area contributed by atoms with Crippen molar-refractivity contribution in [1.82, 2.24) is 14.9 Å². The van der Waals surface area contributed by atoms with Gasteiger partial charge in [0.1, 0.15) is 12.2 Å². The van der Waals surface area contributed by atoms with Crippen LogP contribution in [0.5, 0.6) is 5.75 Å². The fourth-order valence-corrected chi connectivity index (χ4v) is 2.64. The number of carbonyl (C=O) groups is 1. The molecule has 0 unspecified atom stereocenters. The van der Waals surface area contributed by atoms with E-state index in [1.807, 2.05) is 25.7 Å². The van der Waals surface area contributed by atoms with Gasteiger partial charge in [-0.15, -0.1) is 0 Å². The van der Waals surface area contributed by atoms with Crippen LogP contribution in [0.1, 0.15) is 20.8 Å². The van der Waals surface area contributed by atoms with Crippen LogP contribution in [-0.4, -0.2) is 73.1 Å². The van der Waals surface area contributed by atoms with E-state index in [0.717, 1.165) is 0 Å². The Hall–Kier alpha value is -1.51. The molecule has 0 bridgehead atoms. The van der Waals surface area contributed by atoms with Gasteiger partial charge in [-0.3, -0.25) is 0 Å². The highest BCUT2D eigenvalue weighted by atomic mass is 35.5. The van der Waals surface area contributed by atoms with Crippen molar-refractivity contribution in [2.45, 2.75) is 26.4 Å². The SMILES string of the molecule is CN(CCOc1c(Cl)nc(Cl)nc1N1CCOCC1)C(=O)OC(C)(C)C. The van der Waals surface area contributed by atoms with Crippen LogP contribution >= 0.6 is 23.2 Å². The van der Waals surface area contributed by atoms with E-state index in [9.17, 15) is 4.79 Å². The first-order chi connectivity index (χ1) is 12.2. The zero-order chi connectivity index (χ0) is 19.3. The second-order valence-corrected chi connectivity index (χ2v) is 7.48. The van der Waals surface area contributed by atoms with Crippen molar-refractivity contribution in [3.8, 4) is 5.75 Å². The molecule has 1 aromatic rings. The summed E-state index contributed by atoms with van der Waals surface area (Å²) in [6.45, 7) is 8.43. The van der Waals surface area contributed by atoms with Crippen LogP contribution in [-0.2, 0) is 9.47 Å². The quantitative estimate of drug-likeness (QED) is 0.549. The molecule has 1 fully saturated rings. The molecule has 1 aliphatic heterocycles. The maximum atomic E-state index is 12.0. The first kappa shape index (κ1) is 20.8. The lowest BCUT2D eigenvalue weighted by molar-refractivity contribution is 0.0278. The average molecular weight is 407 g/mol. The molecule has 26 heavy (non-hydrogen) atoms. The number of amides is 1. The highest BCUT2D eigenvalue weighted by Crippen LogP contribution is 2.34. The van der Waals surface area contributed by atoms with Gasteiger partial charge in [-0.1, -0.05) is 11.6 Å². The molecule has 0 radical (unpaired) electrons. The predicted octanol–water partition coefficient (Wildman–Crippen LogP) is 2.87. The van der Waals surface area contributed by atoms with Gasteiger partial charge in [-0.2, -0.15) is 4.98 Å². The number of halogens is 2. The lowest BCUT2D eigenvalue weighted by Gasteiger charge is -2.29. The first-order valence-corrected chi connectivity index (χ1v) is 9.05. The molecule has 2 rings (SSSR count). The van der Waals surface area contributed by atoms with E-state index in [-0.39, 0.29) is 17.0 Å². The molecule has 2 heterocycles. The zero-order valence-corrected chi connectivity index (χ0v) is 16.9. The van der Waals surface area contributed by atoms with Crippen LogP contribution in [0.15, 0.2) is 0 Å². The monoisotopic (exact) mass is 406 g/mol. The van der Waals surface area contributed by atoms with E-state index in [1.165, 1.54) is 4.90 Å². The number of ether oxygens (including phenoxy) is 3. The summed E-state index contributed by atoms with van der Waals surface area (Å²) in [6.07, 6.45) is -0.423.